The Bertz CT molecular complexity index is 964. The summed E-state index contributed by atoms with van der Waals surface area (Å²) in [6, 6.07) is 12.7. The number of nitrogens with zero attached hydrogens (tertiary/aromatic N) is 1. The molecule has 3 aromatic rings. The molecule has 3 rings (SSSR count). The molecule has 0 radical (unpaired) electrons. The molecule has 6 nitrogen and oxygen atoms in total. The number of thiazole rings is 1. The maximum atomic E-state index is 12.4. The van der Waals surface area contributed by atoms with Gasteiger partial charge in [-0.1, -0.05) is 37.3 Å². The zero-order valence-corrected chi connectivity index (χ0v) is 16.6. The second-order valence-electron chi connectivity index (χ2n) is 6.61. The monoisotopic (exact) mass is 398 g/mol. The van der Waals surface area contributed by atoms with Crippen LogP contribution in [0.3, 0.4) is 0 Å². The maximum Gasteiger partial charge on any atom is 0.315 e. The molecule has 1 aromatic carbocycles. The number of rotatable bonds is 8. The topological polar surface area (TPSA) is 92.4 Å². The molecule has 2 aromatic heterocycles. The summed E-state index contributed by atoms with van der Waals surface area (Å²) in [5.41, 5.74) is 0.147. The highest BCUT2D eigenvalue weighted by Gasteiger charge is 2.38. The minimum absolute atomic E-state index is 0.0239. The van der Waals surface area contributed by atoms with E-state index in [1.165, 1.54) is 11.3 Å². The molecule has 1 unspecified atom stereocenters. The molecule has 0 saturated heterocycles. The predicted octanol–water partition coefficient (Wildman–Crippen LogP) is 3.80. The van der Waals surface area contributed by atoms with Crippen LogP contribution in [-0.2, 0) is 21.4 Å². The number of furan rings is 1. The van der Waals surface area contributed by atoms with Gasteiger partial charge in [0.1, 0.15) is 11.2 Å². The standard InChI is InChI=1S/C21H22N2O4S/c1-3-21(20(25)26,15-7-5-4-6-8-15)13-22-18(24)11-16-12-28-19(23-16)17-10-9-14(2)27-17/h4-10,12H,3,11,13H2,1-2H3,(H,22,24)(H,25,26). The number of carbonyl (C=O) groups excluding carboxylic acids is 1. The molecule has 0 aliphatic heterocycles. The summed E-state index contributed by atoms with van der Waals surface area (Å²) in [4.78, 5) is 28.9. The zero-order valence-electron chi connectivity index (χ0n) is 15.8. The molecule has 1 atom stereocenters. The van der Waals surface area contributed by atoms with Crippen molar-refractivity contribution in [2.24, 2.45) is 0 Å². The van der Waals surface area contributed by atoms with Gasteiger partial charge in [-0.2, -0.15) is 0 Å². The Morgan fingerprint density at radius 3 is 2.57 bits per heavy atom. The van der Waals surface area contributed by atoms with Crippen molar-refractivity contribution < 1.29 is 19.1 Å². The van der Waals surface area contributed by atoms with E-state index in [-0.39, 0.29) is 18.9 Å². The molecular formula is C21H22N2O4S. The van der Waals surface area contributed by atoms with Crippen LogP contribution in [0.15, 0.2) is 52.3 Å². The third-order valence-corrected chi connectivity index (χ3v) is 5.68. The molecule has 0 bridgehead atoms. The van der Waals surface area contributed by atoms with Crippen LogP contribution in [0.5, 0.6) is 0 Å². The summed E-state index contributed by atoms with van der Waals surface area (Å²) in [7, 11) is 0. The van der Waals surface area contributed by atoms with Gasteiger partial charge in [0.15, 0.2) is 10.8 Å². The normalized spacial score (nSPS) is 13.1. The summed E-state index contributed by atoms with van der Waals surface area (Å²) in [6.07, 6.45) is 0.454. The van der Waals surface area contributed by atoms with Crippen molar-refractivity contribution in [3.05, 3.63) is 64.9 Å². The van der Waals surface area contributed by atoms with Crippen LogP contribution < -0.4 is 5.32 Å². The lowest BCUT2D eigenvalue weighted by Gasteiger charge is -2.29. The Hall–Kier alpha value is -2.93. The van der Waals surface area contributed by atoms with E-state index in [2.05, 4.69) is 10.3 Å². The first-order chi connectivity index (χ1) is 13.4. The van der Waals surface area contributed by atoms with E-state index >= 15 is 0 Å². The fourth-order valence-electron chi connectivity index (χ4n) is 3.07. The number of carbonyl (C=O) groups is 2. The van der Waals surface area contributed by atoms with Crippen LogP contribution in [0.1, 0.15) is 30.4 Å². The number of carboxylic acids is 1. The summed E-state index contributed by atoms with van der Waals surface area (Å²) in [5, 5.41) is 15.1. The number of carboxylic acid groups (broad SMARTS) is 1. The van der Waals surface area contributed by atoms with Crippen molar-refractivity contribution >= 4 is 23.2 Å². The fraction of sp³-hybridized carbons (Fsp3) is 0.286. The van der Waals surface area contributed by atoms with E-state index in [0.29, 0.717) is 28.4 Å². The molecule has 2 heterocycles. The Kier molecular flexibility index (Phi) is 5.94. The van der Waals surface area contributed by atoms with Gasteiger partial charge in [0.25, 0.3) is 0 Å². The largest absolute Gasteiger partial charge is 0.481 e. The van der Waals surface area contributed by atoms with Gasteiger partial charge in [-0.05, 0) is 31.0 Å². The SMILES string of the molecule is CCC(CNC(=O)Cc1csc(-c2ccc(C)o2)n1)(C(=O)O)c1ccccc1. The van der Waals surface area contributed by atoms with Crippen molar-refractivity contribution in [2.45, 2.75) is 32.1 Å². The third kappa shape index (κ3) is 4.14. The predicted molar refractivity (Wildman–Crippen MR) is 107 cm³/mol. The van der Waals surface area contributed by atoms with Gasteiger partial charge in [-0.3, -0.25) is 9.59 Å². The highest BCUT2D eigenvalue weighted by Crippen LogP contribution is 2.28. The van der Waals surface area contributed by atoms with Crippen LogP contribution in [0, 0.1) is 6.92 Å². The summed E-state index contributed by atoms with van der Waals surface area (Å²) < 4.78 is 5.55. The van der Waals surface area contributed by atoms with Crippen LogP contribution in [0.2, 0.25) is 0 Å². The van der Waals surface area contributed by atoms with Crippen molar-refractivity contribution in [1.82, 2.24) is 10.3 Å². The zero-order chi connectivity index (χ0) is 20.1. The number of aromatic nitrogens is 1. The van der Waals surface area contributed by atoms with E-state index in [0.717, 1.165) is 5.76 Å². The molecular weight excluding hydrogens is 376 g/mol. The number of benzene rings is 1. The number of aliphatic carboxylic acids is 1. The van der Waals surface area contributed by atoms with Gasteiger partial charge in [0.05, 0.1) is 12.1 Å². The quantitative estimate of drug-likeness (QED) is 0.602. The van der Waals surface area contributed by atoms with Crippen LogP contribution >= 0.6 is 11.3 Å². The van der Waals surface area contributed by atoms with Gasteiger partial charge in [-0.25, -0.2) is 4.98 Å². The maximum absolute atomic E-state index is 12.4. The van der Waals surface area contributed by atoms with Crippen molar-refractivity contribution in [3.63, 3.8) is 0 Å². The lowest BCUT2D eigenvalue weighted by molar-refractivity contribution is -0.144. The molecule has 0 aliphatic carbocycles. The van der Waals surface area contributed by atoms with Gasteiger partial charge < -0.3 is 14.8 Å². The average molecular weight is 398 g/mol. The summed E-state index contributed by atoms with van der Waals surface area (Å²) in [6.45, 7) is 3.70. The number of aryl methyl sites for hydroxylation is 1. The van der Waals surface area contributed by atoms with Gasteiger partial charge >= 0.3 is 5.97 Å². The smallest absolute Gasteiger partial charge is 0.315 e. The molecule has 1 amide bonds. The molecule has 0 fully saturated rings. The summed E-state index contributed by atoms with van der Waals surface area (Å²) >= 11 is 1.41. The number of nitrogens with one attached hydrogen (secondary N) is 1. The lowest BCUT2D eigenvalue weighted by atomic mass is 9.78. The second-order valence-corrected chi connectivity index (χ2v) is 7.47. The Balaban J connectivity index is 1.67. The minimum Gasteiger partial charge on any atom is -0.481 e. The van der Waals surface area contributed by atoms with Gasteiger partial charge in [-0.15, -0.1) is 11.3 Å². The van der Waals surface area contributed by atoms with E-state index < -0.39 is 11.4 Å². The number of hydrogen-bond acceptors (Lipinski definition) is 5. The van der Waals surface area contributed by atoms with Crippen LogP contribution in [0.25, 0.3) is 10.8 Å². The van der Waals surface area contributed by atoms with Crippen LogP contribution in [-0.4, -0.2) is 28.5 Å². The Morgan fingerprint density at radius 1 is 1.21 bits per heavy atom. The van der Waals surface area contributed by atoms with Crippen molar-refractivity contribution in [2.75, 3.05) is 6.54 Å². The molecule has 0 saturated carbocycles. The molecule has 0 spiro atoms. The number of amides is 1. The highest BCUT2D eigenvalue weighted by atomic mass is 32.1. The first-order valence-corrected chi connectivity index (χ1v) is 9.89. The molecule has 146 valence electrons. The first kappa shape index (κ1) is 19.8. The van der Waals surface area contributed by atoms with Gasteiger partial charge in [0.2, 0.25) is 5.91 Å². The molecule has 7 heteroatoms. The van der Waals surface area contributed by atoms with E-state index in [4.69, 9.17) is 4.42 Å². The fourth-order valence-corrected chi connectivity index (χ4v) is 3.85. The van der Waals surface area contributed by atoms with Crippen LogP contribution in [0.4, 0.5) is 0 Å². The molecule has 28 heavy (non-hydrogen) atoms. The lowest BCUT2D eigenvalue weighted by Crippen LogP contribution is -2.46. The Morgan fingerprint density at radius 2 is 1.96 bits per heavy atom. The van der Waals surface area contributed by atoms with Crippen molar-refractivity contribution in [1.29, 1.82) is 0 Å². The number of hydrogen-bond donors (Lipinski definition) is 2. The summed E-state index contributed by atoms with van der Waals surface area (Å²) in [5.74, 6) is 0.261. The van der Waals surface area contributed by atoms with E-state index in [1.54, 1.807) is 24.3 Å². The van der Waals surface area contributed by atoms with E-state index in [9.17, 15) is 14.7 Å². The van der Waals surface area contributed by atoms with Gasteiger partial charge in [0, 0.05) is 11.9 Å². The molecule has 0 aliphatic rings. The highest BCUT2D eigenvalue weighted by molar-refractivity contribution is 7.13. The van der Waals surface area contributed by atoms with Crippen molar-refractivity contribution in [3.8, 4) is 10.8 Å². The third-order valence-electron chi connectivity index (χ3n) is 4.77. The second kappa shape index (κ2) is 8.39. The van der Waals surface area contributed by atoms with E-state index in [1.807, 2.05) is 37.4 Å². The minimum atomic E-state index is -1.16. The average Bonchev–Trinajstić information content (AvgIpc) is 3.32. The molecule has 2 N–H and O–H groups in total. The first-order valence-electron chi connectivity index (χ1n) is 9.01. The Labute approximate surface area is 167 Å².